The van der Waals surface area contributed by atoms with Crippen molar-refractivity contribution < 1.29 is 19.7 Å². The molecule has 0 bridgehead atoms. The van der Waals surface area contributed by atoms with Crippen molar-refractivity contribution in [3.05, 3.63) is 71.2 Å². The van der Waals surface area contributed by atoms with Crippen LogP contribution >= 0.6 is 0 Å². The van der Waals surface area contributed by atoms with Gasteiger partial charge in [-0.3, -0.25) is 4.79 Å². The van der Waals surface area contributed by atoms with Crippen molar-refractivity contribution in [2.75, 3.05) is 39.2 Å². The van der Waals surface area contributed by atoms with Crippen LogP contribution < -0.4 is 20.9 Å². The van der Waals surface area contributed by atoms with Gasteiger partial charge in [-0.2, -0.15) is 0 Å². The van der Waals surface area contributed by atoms with Crippen molar-refractivity contribution in [1.29, 1.82) is 0 Å². The van der Waals surface area contributed by atoms with Gasteiger partial charge < -0.3 is 20.6 Å². The highest BCUT2D eigenvalue weighted by Gasteiger charge is 2.26. The molecular formula is C30H45N6O4+. The molecule has 0 spiro atoms. The van der Waals surface area contributed by atoms with E-state index >= 15 is 0 Å². The smallest absolute Gasteiger partial charge is 0.338 e. The lowest BCUT2D eigenvalue weighted by Crippen LogP contribution is -2.65. The third-order valence-corrected chi connectivity index (χ3v) is 6.48. The highest BCUT2D eigenvalue weighted by atomic mass is 16.3. The van der Waals surface area contributed by atoms with Crippen molar-refractivity contribution in [3.8, 4) is 0 Å². The fraction of sp³-hybridized carbons (Fsp3) is 0.433. The molecule has 218 valence electrons. The molecule has 0 saturated heterocycles. The van der Waals surface area contributed by atoms with Crippen molar-refractivity contribution in [2.24, 2.45) is 10.9 Å². The highest BCUT2D eigenvalue weighted by molar-refractivity contribution is 6.00. The summed E-state index contributed by atoms with van der Waals surface area (Å²) in [5.74, 6) is -0.340. The van der Waals surface area contributed by atoms with E-state index in [1.54, 1.807) is 18.2 Å². The second-order valence-electron chi connectivity index (χ2n) is 9.09. The van der Waals surface area contributed by atoms with Gasteiger partial charge in [0.25, 0.3) is 5.91 Å². The van der Waals surface area contributed by atoms with E-state index in [9.17, 15) is 14.5 Å². The van der Waals surface area contributed by atoms with Crippen LogP contribution in [0.3, 0.4) is 0 Å². The summed E-state index contributed by atoms with van der Waals surface area (Å²) in [5.41, 5.74) is 7.40. The lowest BCUT2D eigenvalue weighted by Gasteiger charge is -2.34. The summed E-state index contributed by atoms with van der Waals surface area (Å²) in [6.07, 6.45) is 9.76. The maximum Gasteiger partial charge on any atom is 0.338 e. The standard InChI is InChI=1S/C28H35N5O3.CH5N.CH4O/c1-4-17-32(3)26-16-13-22(28(35)33(18-5-2)24-9-7-6-8-10-24)19-25(26)29-20-30-27(34)21-11-14-23(31-36)15-12-21;2*1-2/h5,11-16,19-20,24H,2,4,6-10,17-18H2,1,3H3,(H,29,30,34);2H2,1H3;2H,1H3/p+1. The summed E-state index contributed by atoms with van der Waals surface area (Å²) in [6, 6.07) is 11.9. The molecule has 0 radical (unpaired) electrons. The number of nitroso groups, excluding NO2 is 1. The van der Waals surface area contributed by atoms with Gasteiger partial charge in [-0.25, -0.2) is 15.1 Å². The Kier molecular flexibility index (Phi) is 16.4. The Morgan fingerprint density at radius 3 is 2.30 bits per heavy atom. The van der Waals surface area contributed by atoms with E-state index in [1.807, 2.05) is 30.1 Å². The third-order valence-electron chi connectivity index (χ3n) is 6.48. The predicted octanol–water partition coefficient (Wildman–Crippen LogP) is 3.25. The minimum atomic E-state index is -0.329. The van der Waals surface area contributed by atoms with E-state index in [0.717, 1.165) is 57.1 Å². The number of carbonyl (C=O) groups is 2. The van der Waals surface area contributed by atoms with Crippen molar-refractivity contribution >= 4 is 35.2 Å². The number of amides is 2. The molecule has 5 N–H and O–H groups in total. The van der Waals surface area contributed by atoms with Gasteiger partial charge in [0, 0.05) is 38.9 Å². The van der Waals surface area contributed by atoms with Crippen molar-refractivity contribution in [3.63, 3.8) is 0 Å². The topological polar surface area (TPSA) is 142 Å². The van der Waals surface area contributed by atoms with E-state index in [-0.39, 0.29) is 23.5 Å². The number of nitrogens with one attached hydrogen (secondary N) is 2. The normalized spacial score (nSPS) is 12.8. The van der Waals surface area contributed by atoms with Crippen LogP contribution in [0.2, 0.25) is 0 Å². The Bertz CT molecular complexity index is 1100. The Hall–Kier alpha value is -3.89. The fourth-order valence-electron chi connectivity index (χ4n) is 4.61. The lowest BCUT2D eigenvalue weighted by molar-refractivity contribution is -0.348. The van der Waals surface area contributed by atoms with E-state index in [4.69, 9.17) is 5.11 Å². The van der Waals surface area contributed by atoms with Gasteiger partial charge in [-0.1, -0.05) is 32.3 Å². The Labute approximate surface area is 237 Å². The number of hydrogen-bond acceptors (Lipinski definition) is 7. The first-order chi connectivity index (χ1) is 19.5. The number of nitrogens with two attached hydrogens (primary N) is 1. The Balaban J connectivity index is 0.00000191. The Morgan fingerprint density at radius 1 is 1.10 bits per heavy atom. The van der Waals surface area contributed by atoms with Gasteiger partial charge >= 0.3 is 5.91 Å². The van der Waals surface area contributed by atoms with Gasteiger partial charge in [0.05, 0.1) is 11.3 Å². The zero-order valence-corrected chi connectivity index (χ0v) is 24.2. The molecule has 1 aliphatic rings. The summed E-state index contributed by atoms with van der Waals surface area (Å²) in [5, 5.41) is 12.6. The van der Waals surface area contributed by atoms with Crippen LogP contribution in [0.4, 0.5) is 17.1 Å². The third kappa shape index (κ3) is 10.0. The predicted molar refractivity (Wildman–Crippen MR) is 162 cm³/mol. The molecule has 2 aromatic carbocycles. The first-order valence-electron chi connectivity index (χ1n) is 13.6. The molecule has 1 saturated carbocycles. The second-order valence-corrected chi connectivity index (χ2v) is 9.09. The van der Waals surface area contributed by atoms with E-state index in [1.165, 1.54) is 31.9 Å². The monoisotopic (exact) mass is 553 g/mol. The number of benzene rings is 2. The molecule has 0 aliphatic heterocycles. The molecule has 40 heavy (non-hydrogen) atoms. The summed E-state index contributed by atoms with van der Waals surface area (Å²) < 4.78 is 0. The van der Waals surface area contributed by atoms with Crippen molar-refractivity contribution in [1.82, 2.24) is 10.2 Å². The number of aliphatic hydroxyl groups is 1. The number of anilines is 1. The molecule has 0 unspecified atom stereocenters. The van der Waals surface area contributed by atoms with Crippen LogP contribution in [0.15, 0.2) is 60.3 Å². The van der Waals surface area contributed by atoms with Crippen LogP contribution in [0.5, 0.6) is 0 Å². The quantitative estimate of drug-likeness (QED) is 0.146. The van der Waals surface area contributed by atoms with Crippen LogP contribution in [-0.2, 0) is 0 Å². The van der Waals surface area contributed by atoms with Crippen molar-refractivity contribution in [2.45, 2.75) is 51.5 Å². The van der Waals surface area contributed by atoms with E-state index in [2.05, 4.69) is 39.6 Å². The summed E-state index contributed by atoms with van der Waals surface area (Å²) >= 11 is 0. The lowest BCUT2D eigenvalue weighted by atomic mass is 9.93. The number of carbonyl (C=O) groups excluding carboxylic acids is 2. The number of nitrogens with zero attached hydrogens (tertiary/aromatic N) is 3. The number of hydrogen-bond donors (Lipinski definition) is 4. The Morgan fingerprint density at radius 2 is 1.73 bits per heavy atom. The largest absolute Gasteiger partial charge is 0.400 e. The average Bonchev–Trinajstić information content (AvgIpc) is 3.02. The summed E-state index contributed by atoms with van der Waals surface area (Å²) in [7, 11) is 4.50. The minimum absolute atomic E-state index is 0.0116. The average molecular weight is 554 g/mol. The minimum Gasteiger partial charge on any atom is -0.400 e. The molecule has 2 aromatic rings. The van der Waals surface area contributed by atoms with Crippen LogP contribution in [0.25, 0.3) is 0 Å². The van der Waals surface area contributed by atoms with Crippen LogP contribution in [0, 0.1) is 4.91 Å². The second kappa shape index (κ2) is 19.2. The van der Waals surface area contributed by atoms with Gasteiger partial charge in [-0.05, 0) is 74.0 Å². The maximum absolute atomic E-state index is 13.5. The first-order valence-corrected chi connectivity index (χ1v) is 13.6. The highest BCUT2D eigenvalue weighted by Crippen LogP contribution is 2.27. The van der Waals surface area contributed by atoms with Gasteiger partial charge in [0.2, 0.25) is 6.34 Å². The number of aliphatic hydroxyl groups excluding tert-OH is 1. The van der Waals surface area contributed by atoms with E-state index in [0.29, 0.717) is 17.7 Å². The van der Waals surface area contributed by atoms with Crippen LogP contribution in [-0.4, -0.2) is 68.5 Å². The maximum atomic E-state index is 13.5. The molecule has 0 heterocycles. The molecule has 1 fully saturated rings. The zero-order chi connectivity index (χ0) is 29.9. The molecular weight excluding hydrogens is 508 g/mol. The van der Waals surface area contributed by atoms with Gasteiger partial charge in [-0.15, -0.1) is 11.5 Å². The summed E-state index contributed by atoms with van der Waals surface area (Å²) in [6.45, 7) is 7.33. The molecule has 10 heteroatoms. The van der Waals surface area contributed by atoms with Gasteiger partial charge in [0.1, 0.15) is 11.4 Å². The first kappa shape index (κ1) is 34.1. The SMILES string of the molecule is C=CCN(C(=O)c1ccc(N(C)CCC)c([NH+]=CNC(=O)c2ccc(N=O)cc2)c1)C1CCCCC1.CN.CO. The van der Waals surface area contributed by atoms with E-state index < -0.39 is 0 Å². The van der Waals surface area contributed by atoms with Crippen LogP contribution in [0.1, 0.15) is 66.2 Å². The fourth-order valence-corrected chi connectivity index (χ4v) is 4.61. The molecule has 2 amide bonds. The molecule has 0 atom stereocenters. The summed E-state index contributed by atoms with van der Waals surface area (Å²) in [4.78, 5) is 43.8. The molecule has 1 aliphatic carbocycles. The molecule has 0 aromatic heterocycles. The molecule has 3 rings (SSSR count). The van der Waals surface area contributed by atoms with Gasteiger partial charge in [0.15, 0.2) is 0 Å². The zero-order valence-electron chi connectivity index (χ0n) is 24.2. The molecule has 10 nitrogen and oxygen atoms in total. The number of rotatable bonds is 11.